The van der Waals surface area contributed by atoms with Crippen molar-refractivity contribution in [1.82, 2.24) is 14.9 Å². The molecule has 3 nitrogen and oxygen atoms in total. The topological polar surface area (TPSA) is 29.9 Å². The molecule has 0 aliphatic carbocycles. The Labute approximate surface area is 135 Å². The molecule has 0 spiro atoms. The van der Waals surface area contributed by atoms with E-state index in [1.54, 1.807) is 0 Å². The largest absolute Gasteiger partial charge is 0.321 e. The van der Waals surface area contributed by atoms with E-state index in [-0.39, 0.29) is 0 Å². The highest BCUT2D eigenvalue weighted by atomic mass is 127. The molecule has 2 rings (SSSR count). The van der Waals surface area contributed by atoms with Crippen molar-refractivity contribution in [2.24, 2.45) is 0 Å². The lowest BCUT2D eigenvalue weighted by molar-refractivity contribution is 0.746. The molecule has 0 bridgehead atoms. The molecular weight excluding hydrogens is 452 g/mol. The van der Waals surface area contributed by atoms with Crippen molar-refractivity contribution in [1.29, 1.82) is 0 Å². The summed E-state index contributed by atoms with van der Waals surface area (Å²) in [6, 6.07) is 8.62. The quantitative estimate of drug-likeness (QED) is 0.687. The number of aromatic nitrogens is 2. The normalized spacial score (nSPS) is 10.8. The van der Waals surface area contributed by atoms with Gasteiger partial charge in [0.05, 0.1) is 6.33 Å². The van der Waals surface area contributed by atoms with E-state index in [0.29, 0.717) is 0 Å². The predicted octanol–water partition coefficient (Wildman–Crippen LogP) is 2.90. The summed E-state index contributed by atoms with van der Waals surface area (Å²) < 4.78 is 4.47. The fourth-order valence-electron chi connectivity index (χ4n) is 1.85. The molecule has 1 N–H and O–H groups in total. The van der Waals surface area contributed by atoms with Crippen molar-refractivity contribution in [2.45, 2.75) is 13.0 Å². The van der Waals surface area contributed by atoms with Crippen LogP contribution in [0.25, 0.3) is 0 Å². The van der Waals surface area contributed by atoms with Crippen molar-refractivity contribution in [3.8, 4) is 0 Å². The van der Waals surface area contributed by atoms with E-state index < -0.39 is 0 Å². The van der Waals surface area contributed by atoms with E-state index in [1.165, 1.54) is 14.8 Å². The first kappa shape index (κ1) is 14.3. The van der Waals surface area contributed by atoms with E-state index in [0.717, 1.165) is 23.2 Å². The van der Waals surface area contributed by atoms with Crippen LogP contribution in [0, 0.1) is 7.40 Å². The summed E-state index contributed by atoms with van der Waals surface area (Å²) in [5.74, 6) is 0. The van der Waals surface area contributed by atoms with E-state index in [4.69, 9.17) is 0 Å². The number of rotatable bonds is 5. The molecule has 18 heavy (non-hydrogen) atoms. The maximum absolute atomic E-state index is 4.33. The number of hydrogen-bond donors (Lipinski definition) is 1. The van der Waals surface area contributed by atoms with Crippen molar-refractivity contribution in [2.75, 3.05) is 13.6 Å². The lowest BCUT2D eigenvalue weighted by Crippen LogP contribution is -2.12. The zero-order valence-corrected chi connectivity index (χ0v) is 14.5. The van der Waals surface area contributed by atoms with E-state index in [9.17, 15) is 0 Å². The summed E-state index contributed by atoms with van der Waals surface area (Å²) in [7, 11) is 1.99. The average molecular weight is 467 g/mol. The molecule has 0 saturated heterocycles. The van der Waals surface area contributed by atoms with E-state index in [2.05, 4.69) is 84.3 Å². The average Bonchev–Trinajstić information content (AvgIpc) is 2.70. The van der Waals surface area contributed by atoms with Gasteiger partial charge in [0.15, 0.2) is 0 Å². The minimum absolute atomic E-state index is 0.897. The van der Waals surface area contributed by atoms with Crippen LogP contribution < -0.4 is 5.32 Å². The first-order valence-electron chi connectivity index (χ1n) is 5.80. The molecule has 0 saturated carbocycles. The lowest BCUT2D eigenvalue weighted by atomic mass is 10.0. The van der Waals surface area contributed by atoms with Crippen molar-refractivity contribution < 1.29 is 0 Å². The van der Waals surface area contributed by atoms with Gasteiger partial charge in [0.2, 0.25) is 0 Å². The zero-order chi connectivity index (χ0) is 13.0. The number of likely N-dealkylation sites (N-methyl/N-ethyl adjacent to an activating group) is 1. The van der Waals surface area contributed by atoms with Gasteiger partial charge in [0, 0.05) is 6.54 Å². The van der Waals surface area contributed by atoms with Crippen LogP contribution in [-0.2, 0) is 13.0 Å². The van der Waals surface area contributed by atoms with E-state index in [1.807, 2.05) is 13.4 Å². The van der Waals surface area contributed by atoms with Crippen LogP contribution in [0.15, 0.2) is 30.6 Å². The molecule has 1 heterocycles. The Morgan fingerprint density at radius 2 is 1.94 bits per heavy atom. The summed E-state index contributed by atoms with van der Waals surface area (Å²) in [5, 5.41) is 3.20. The third-order valence-corrected chi connectivity index (χ3v) is 5.79. The van der Waals surface area contributed by atoms with Gasteiger partial charge >= 0.3 is 0 Å². The SMILES string of the molecule is CNCCc1ccccc1Cn1cnc(I)c1I. The monoisotopic (exact) mass is 467 g/mol. The molecule has 0 unspecified atom stereocenters. The molecule has 1 aromatic carbocycles. The third-order valence-electron chi connectivity index (χ3n) is 2.84. The molecule has 0 aliphatic heterocycles. The molecule has 0 fully saturated rings. The third kappa shape index (κ3) is 3.45. The van der Waals surface area contributed by atoms with Gasteiger partial charge in [0.25, 0.3) is 0 Å². The predicted molar refractivity (Wildman–Crippen MR) is 90.8 cm³/mol. The van der Waals surface area contributed by atoms with Crippen LogP contribution in [-0.4, -0.2) is 23.1 Å². The van der Waals surface area contributed by atoms with Crippen LogP contribution in [0.1, 0.15) is 11.1 Å². The van der Waals surface area contributed by atoms with Gasteiger partial charge in [-0.25, -0.2) is 4.98 Å². The van der Waals surface area contributed by atoms with Crippen LogP contribution in [0.4, 0.5) is 0 Å². The van der Waals surface area contributed by atoms with Crippen LogP contribution in [0.5, 0.6) is 0 Å². The smallest absolute Gasteiger partial charge is 0.132 e. The number of imidazole rings is 1. The van der Waals surface area contributed by atoms with Gasteiger partial charge in [-0.2, -0.15) is 0 Å². The van der Waals surface area contributed by atoms with Gasteiger partial charge in [-0.05, 0) is 76.3 Å². The van der Waals surface area contributed by atoms with Crippen LogP contribution in [0.2, 0.25) is 0 Å². The summed E-state index contributed by atoms with van der Waals surface area (Å²) in [6.07, 6.45) is 2.98. The second-order valence-corrected chi connectivity index (χ2v) is 6.12. The van der Waals surface area contributed by atoms with Crippen molar-refractivity contribution >= 4 is 45.2 Å². The van der Waals surface area contributed by atoms with Gasteiger partial charge < -0.3 is 9.88 Å². The van der Waals surface area contributed by atoms with Crippen LogP contribution in [0.3, 0.4) is 0 Å². The molecule has 5 heteroatoms. The Balaban J connectivity index is 2.20. The Kier molecular flexibility index (Phi) is 5.43. The highest BCUT2D eigenvalue weighted by Gasteiger charge is 2.07. The molecule has 0 atom stereocenters. The summed E-state index contributed by atoms with van der Waals surface area (Å²) in [5.41, 5.74) is 2.78. The minimum Gasteiger partial charge on any atom is -0.321 e. The summed E-state index contributed by atoms with van der Waals surface area (Å²) in [6.45, 7) is 1.91. The molecule has 2 aromatic rings. The first-order valence-corrected chi connectivity index (χ1v) is 7.95. The Bertz CT molecular complexity index is 523. The number of halogens is 2. The molecule has 1 aromatic heterocycles. The van der Waals surface area contributed by atoms with Gasteiger partial charge in [-0.15, -0.1) is 0 Å². The minimum atomic E-state index is 0.897. The fraction of sp³-hybridized carbons (Fsp3) is 0.308. The Hall–Kier alpha value is -0.150. The Morgan fingerprint density at radius 3 is 2.56 bits per heavy atom. The summed E-state index contributed by atoms with van der Waals surface area (Å²) >= 11 is 4.62. The van der Waals surface area contributed by atoms with Crippen molar-refractivity contribution in [3.05, 3.63) is 49.1 Å². The highest BCUT2D eigenvalue weighted by Crippen LogP contribution is 2.17. The second kappa shape index (κ2) is 6.85. The first-order chi connectivity index (χ1) is 8.72. The van der Waals surface area contributed by atoms with Gasteiger partial charge in [-0.3, -0.25) is 0 Å². The maximum Gasteiger partial charge on any atom is 0.132 e. The second-order valence-electron chi connectivity index (χ2n) is 4.08. The van der Waals surface area contributed by atoms with Crippen LogP contribution >= 0.6 is 45.2 Å². The maximum atomic E-state index is 4.33. The molecular formula is C13H15I2N3. The number of nitrogens with one attached hydrogen (secondary N) is 1. The molecule has 0 aliphatic rings. The molecule has 96 valence electrons. The van der Waals surface area contributed by atoms with E-state index >= 15 is 0 Å². The zero-order valence-electron chi connectivity index (χ0n) is 10.2. The number of hydrogen-bond acceptors (Lipinski definition) is 2. The fourth-order valence-corrected chi connectivity index (χ4v) is 2.72. The molecule has 0 amide bonds. The number of nitrogens with zero attached hydrogens (tertiary/aromatic N) is 2. The highest BCUT2D eigenvalue weighted by molar-refractivity contribution is 14.1. The number of benzene rings is 1. The molecule has 0 radical (unpaired) electrons. The standard InChI is InChI=1S/C13H15I2N3/c1-16-7-6-10-4-2-3-5-11(10)8-18-9-17-12(14)13(18)15/h2-5,9,16H,6-8H2,1H3. The Morgan fingerprint density at radius 1 is 1.22 bits per heavy atom. The van der Waals surface area contributed by atoms with Gasteiger partial charge in [-0.1, -0.05) is 24.3 Å². The van der Waals surface area contributed by atoms with Crippen molar-refractivity contribution in [3.63, 3.8) is 0 Å². The lowest BCUT2D eigenvalue weighted by Gasteiger charge is -2.10. The van der Waals surface area contributed by atoms with Gasteiger partial charge in [0.1, 0.15) is 7.40 Å². The summed E-state index contributed by atoms with van der Waals surface area (Å²) in [4.78, 5) is 4.33.